The highest BCUT2D eigenvalue weighted by molar-refractivity contribution is 7.86. The number of anilines is 2. The lowest BCUT2D eigenvalue weighted by molar-refractivity contribution is -0.224. The fourth-order valence-corrected chi connectivity index (χ4v) is 10.0. The van der Waals surface area contributed by atoms with E-state index < -0.39 is 46.4 Å². The summed E-state index contributed by atoms with van der Waals surface area (Å²) in [5.41, 5.74) is 9.52. The van der Waals surface area contributed by atoms with Gasteiger partial charge in [-0.25, -0.2) is 24.7 Å². The van der Waals surface area contributed by atoms with Gasteiger partial charge in [0, 0.05) is 66.7 Å². The molecule has 1 saturated heterocycles. The number of aliphatic hydroxyl groups is 1. The first-order chi connectivity index (χ1) is 38.4. The van der Waals surface area contributed by atoms with Crippen molar-refractivity contribution in [3.8, 4) is 56.3 Å². The Morgan fingerprint density at radius 2 is 1.38 bits per heavy atom. The minimum Gasteiger partial charge on any atom is -0.489 e. The van der Waals surface area contributed by atoms with Crippen LogP contribution in [-0.2, 0) is 28.5 Å². The van der Waals surface area contributed by atoms with Crippen molar-refractivity contribution in [3.63, 3.8) is 0 Å². The molecule has 3 aromatic carbocycles. The maximum Gasteiger partial charge on any atom is 0.415 e. The highest BCUT2D eigenvalue weighted by Crippen LogP contribution is 2.38. The van der Waals surface area contributed by atoms with Gasteiger partial charge in [-0.3, -0.25) is 9.08 Å². The van der Waals surface area contributed by atoms with E-state index in [9.17, 15) is 18.3 Å². The van der Waals surface area contributed by atoms with Crippen LogP contribution in [0.4, 0.5) is 16.4 Å². The predicted octanol–water partition coefficient (Wildman–Crippen LogP) is 11.4. The number of hydrogen-bond acceptors (Lipinski definition) is 15. The van der Waals surface area contributed by atoms with Gasteiger partial charge in [0.25, 0.3) is 10.1 Å². The summed E-state index contributed by atoms with van der Waals surface area (Å²) in [6.07, 6.45) is 9.59. The van der Waals surface area contributed by atoms with Gasteiger partial charge in [0.2, 0.25) is 0 Å². The molecule has 18 nitrogen and oxygen atoms in total. The number of nitrogens with zero attached hydrogens (tertiary/aromatic N) is 7. The Hall–Kier alpha value is -8.20. The molecule has 7 heterocycles. The van der Waals surface area contributed by atoms with E-state index >= 15 is 0 Å². The van der Waals surface area contributed by atoms with E-state index in [2.05, 4.69) is 15.3 Å². The van der Waals surface area contributed by atoms with E-state index in [4.69, 9.17) is 37.8 Å². The van der Waals surface area contributed by atoms with E-state index in [0.29, 0.717) is 41.5 Å². The topological polar surface area (TPSA) is 202 Å². The van der Waals surface area contributed by atoms with Gasteiger partial charge < -0.3 is 42.9 Å². The van der Waals surface area contributed by atoms with Gasteiger partial charge in [-0.15, -0.1) is 0 Å². The molecule has 19 heteroatoms. The maximum absolute atomic E-state index is 13.5. The zero-order valence-electron chi connectivity index (χ0n) is 45.6. The molecule has 6 aromatic heterocycles. The molecule has 4 atom stereocenters. The lowest BCUT2D eigenvalue weighted by Gasteiger charge is -2.33. The van der Waals surface area contributed by atoms with Gasteiger partial charge in [-0.1, -0.05) is 66.2 Å². The Morgan fingerprint density at radius 1 is 0.750 bits per heavy atom. The molecule has 80 heavy (non-hydrogen) atoms. The van der Waals surface area contributed by atoms with Crippen LogP contribution in [-0.4, -0.2) is 106 Å². The van der Waals surface area contributed by atoms with Crippen molar-refractivity contribution >= 4 is 39.1 Å². The number of imidazole rings is 2. The minimum atomic E-state index is -4.17. The standard InChI is InChI=1S/C61H64N8O10S/c1-39-11-24-50(25-12-39)80(72,73)76-38-49(37-75-47-23-28-57-65-52(34-68(57)32-47)43-17-13-42(14-18-43)46-22-27-56(64-31-46)67(7)60(71)79-61(3,4)5)77-58-10-8-9-54(78-58)51-29-48(74-36-40(2)70)33-69-35-53(66-59(51)69)44-19-15-41(16-20-44)45-21-26-55(62-6)63-30-45/h11-35,40,49,54,58,70H,8-10,36-38H2,1-7H3,(H,62,63)/t40-,49?,54?,58?/m0/s1. The Labute approximate surface area is 465 Å². The molecular formula is C61H64N8O10S. The zero-order valence-corrected chi connectivity index (χ0v) is 46.5. The van der Waals surface area contributed by atoms with Gasteiger partial charge in [-0.05, 0) is 120 Å². The SMILES string of the molecule is CNc1ccc(-c2ccc(-c3cn4cc(OC[C@H](C)O)cc(C5CCCC(OC(COc6ccc7nc(-c8ccc(-c9ccc(N(C)C(=O)OC(C)(C)C)nc9)cc8)cn7c6)COS(=O)(=O)c6ccc(C)cc6)O5)c4n3)cc2)cn1. The van der Waals surface area contributed by atoms with E-state index in [1.165, 1.54) is 17.0 Å². The Kier molecular flexibility index (Phi) is 16.3. The third-order valence-electron chi connectivity index (χ3n) is 13.3. The minimum absolute atomic E-state index is 0.0251. The smallest absolute Gasteiger partial charge is 0.415 e. The number of carbonyl (C=O) groups excluding carboxylic acids is 1. The molecule has 0 spiro atoms. The number of aliphatic hydroxyl groups excluding tert-OH is 1. The van der Waals surface area contributed by atoms with Crippen molar-refractivity contribution in [1.82, 2.24) is 28.7 Å². The monoisotopic (exact) mass is 1100 g/mol. The third kappa shape index (κ3) is 13.3. The molecule has 0 radical (unpaired) electrons. The summed E-state index contributed by atoms with van der Waals surface area (Å²) in [5, 5.41) is 13.2. The Bertz CT molecular complexity index is 3700. The van der Waals surface area contributed by atoms with Crippen LogP contribution in [0.2, 0.25) is 0 Å². The number of hydrogen-bond donors (Lipinski definition) is 2. The Balaban J connectivity index is 0.852. The van der Waals surface area contributed by atoms with Gasteiger partial charge in [0.1, 0.15) is 59.3 Å². The number of nitrogens with one attached hydrogen (secondary N) is 1. The molecule has 1 aliphatic rings. The number of fused-ring (bicyclic) bond motifs is 2. The van der Waals surface area contributed by atoms with E-state index in [1.54, 1.807) is 50.6 Å². The van der Waals surface area contributed by atoms with Gasteiger partial charge >= 0.3 is 6.09 Å². The van der Waals surface area contributed by atoms with E-state index in [-0.39, 0.29) is 24.7 Å². The molecule has 3 unspecified atom stereocenters. The average Bonchev–Trinajstić information content (AvgIpc) is 4.13. The number of ether oxygens (including phenoxy) is 5. The first-order valence-corrected chi connectivity index (χ1v) is 27.8. The van der Waals surface area contributed by atoms with Gasteiger partial charge in [0.05, 0.1) is 47.5 Å². The highest BCUT2D eigenvalue weighted by atomic mass is 32.2. The summed E-state index contributed by atoms with van der Waals surface area (Å²) >= 11 is 0. The molecule has 2 N–H and O–H groups in total. The second kappa shape index (κ2) is 23.6. The Morgan fingerprint density at radius 3 is 2.01 bits per heavy atom. The first-order valence-electron chi connectivity index (χ1n) is 26.4. The maximum atomic E-state index is 13.5. The molecular weight excluding hydrogens is 1040 g/mol. The number of carbonyl (C=O) groups is 1. The summed E-state index contributed by atoms with van der Waals surface area (Å²) in [5.74, 6) is 2.28. The second-order valence-electron chi connectivity index (χ2n) is 20.8. The molecule has 1 aliphatic heterocycles. The van der Waals surface area contributed by atoms with Crippen LogP contribution in [0.1, 0.15) is 64.2 Å². The van der Waals surface area contributed by atoms with E-state index in [0.717, 1.165) is 68.1 Å². The lowest BCUT2D eigenvalue weighted by atomic mass is 10.0. The van der Waals surface area contributed by atoms with Crippen LogP contribution in [0.15, 0.2) is 157 Å². The molecule has 0 saturated carbocycles. The highest BCUT2D eigenvalue weighted by Gasteiger charge is 2.31. The zero-order chi connectivity index (χ0) is 56.1. The fourth-order valence-electron chi connectivity index (χ4n) is 9.11. The van der Waals surface area contributed by atoms with Crippen molar-refractivity contribution in [2.45, 2.75) is 89.0 Å². The lowest BCUT2D eigenvalue weighted by Crippen LogP contribution is -2.36. The second-order valence-corrected chi connectivity index (χ2v) is 22.4. The van der Waals surface area contributed by atoms with Crippen LogP contribution in [0.25, 0.3) is 56.1 Å². The summed E-state index contributed by atoms with van der Waals surface area (Å²) in [7, 11) is -0.709. The third-order valence-corrected chi connectivity index (χ3v) is 14.6. The van der Waals surface area contributed by atoms with Crippen LogP contribution >= 0.6 is 0 Å². The van der Waals surface area contributed by atoms with Crippen molar-refractivity contribution in [1.29, 1.82) is 0 Å². The molecule has 10 rings (SSSR count). The summed E-state index contributed by atoms with van der Waals surface area (Å²) < 4.78 is 67.8. The number of benzene rings is 3. The number of rotatable bonds is 19. The molecule has 414 valence electrons. The van der Waals surface area contributed by atoms with Crippen molar-refractivity contribution < 1.29 is 46.2 Å². The quantitative estimate of drug-likeness (QED) is 0.0723. The molecule has 1 fully saturated rings. The van der Waals surface area contributed by atoms with Crippen LogP contribution < -0.4 is 19.7 Å². The molecule has 9 aromatic rings. The number of pyridine rings is 4. The number of amides is 1. The predicted molar refractivity (Wildman–Crippen MR) is 305 cm³/mol. The van der Waals surface area contributed by atoms with Crippen LogP contribution in [0.3, 0.4) is 0 Å². The van der Waals surface area contributed by atoms with Gasteiger partial charge in [0.15, 0.2) is 6.29 Å². The van der Waals surface area contributed by atoms with Crippen molar-refractivity contribution in [2.24, 2.45) is 0 Å². The molecule has 1 amide bonds. The normalized spacial score (nSPS) is 15.6. The summed E-state index contributed by atoms with van der Waals surface area (Å²) in [6.45, 7) is 8.65. The summed E-state index contributed by atoms with van der Waals surface area (Å²) in [4.78, 5) is 32.9. The number of aryl methyl sites for hydroxylation is 1. The van der Waals surface area contributed by atoms with E-state index in [1.807, 2.05) is 147 Å². The average molecular weight is 1100 g/mol. The fraction of sp³-hybridized carbons (Fsp3) is 0.295. The van der Waals surface area contributed by atoms with Crippen molar-refractivity contribution in [3.05, 3.63) is 164 Å². The first kappa shape index (κ1) is 55.1. The molecule has 0 aliphatic carbocycles. The molecule has 0 bridgehead atoms. The number of aromatic nitrogens is 6. The van der Waals surface area contributed by atoms with Crippen molar-refractivity contribution in [2.75, 3.05) is 44.1 Å². The summed E-state index contributed by atoms with van der Waals surface area (Å²) in [6, 6.07) is 35.7. The van der Waals surface area contributed by atoms with Crippen LogP contribution in [0, 0.1) is 6.92 Å². The van der Waals surface area contributed by atoms with Crippen LogP contribution in [0.5, 0.6) is 11.5 Å². The largest absolute Gasteiger partial charge is 0.489 e. The van der Waals surface area contributed by atoms with Gasteiger partial charge in [-0.2, -0.15) is 8.42 Å².